The van der Waals surface area contributed by atoms with E-state index in [9.17, 15) is 0 Å². The van der Waals surface area contributed by atoms with Gasteiger partial charge in [-0.05, 0) is 15.9 Å². The zero-order chi connectivity index (χ0) is 9.52. The first kappa shape index (κ1) is 1.58. The summed E-state index contributed by atoms with van der Waals surface area (Å²) in [5.74, 6) is 0. The predicted molar refractivity (Wildman–Crippen MR) is 30.9 cm³/mol. The maximum Gasteiger partial charge on any atom is 0.124 e. The van der Waals surface area contributed by atoms with Crippen LogP contribution in [0.2, 0.25) is 0 Å². The van der Waals surface area contributed by atoms with Gasteiger partial charge >= 0.3 is 0 Å². The Kier molecular flexibility index (Phi) is 0.375. The maximum absolute atomic E-state index is 7.25. The van der Waals surface area contributed by atoms with Crippen molar-refractivity contribution in [2.75, 3.05) is 0 Å². The highest BCUT2D eigenvalue weighted by atomic mass is 79.9. The van der Waals surface area contributed by atoms with Crippen molar-refractivity contribution < 1.29 is 6.85 Å². The van der Waals surface area contributed by atoms with Crippen LogP contribution in [0.25, 0.3) is 0 Å². The van der Waals surface area contributed by atoms with Crippen LogP contribution in [-0.2, 0) is 6.98 Å². The second-order valence-electron chi connectivity index (χ2n) is 0.950. The monoisotopic (exact) mass is 165 g/mol. The average Bonchev–Trinajstić information content (AvgIpc) is 2.05. The predicted octanol–water partition coefficient (Wildman–Crippen LogP) is 1.18. The quantitative estimate of drug-likeness (QED) is 0.565. The first-order valence-electron chi connectivity index (χ1n) is 4.06. The molecule has 1 aromatic rings. The number of aromatic nitrogens is 2. The second kappa shape index (κ2) is 1.66. The molecule has 2 nitrogen and oxygen atoms in total. The summed E-state index contributed by atoms with van der Waals surface area (Å²) in [5, 5.41) is 0. The Morgan fingerprint density at radius 2 is 3.14 bits per heavy atom. The van der Waals surface area contributed by atoms with Gasteiger partial charge in [-0.1, -0.05) is 0 Å². The van der Waals surface area contributed by atoms with E-state index in [0.29, 0.717) is 4.57 Å². The molecule has 1 heterocycles. The summed E-state index contributed by atoms with van der Waals surface area (Å²) in [5.41, 5.74) is 0. The third-order valence-corrected chi connectivity index (χ3v) is 0.807. The molecule has 3 heteroatoms. The van der Waals surface area contributed by atoms with Crippen LogP contribution in [0, 0.1) is 0 Å². The summed E-state index contributed by atoms with van der Waals surface area (Å²) in [6.45, 7) is -2.51. The number of hydrogen-bond donors (Lipinski definition) is 0. The minimum Gasteiger partial charge on any atom is -0.339 e. The van der Waals surface area contributed by atoms with Crippen LogP contribution in [0.1, 0.15) is 6.85 Å². The number of halogens is 1. The Balaban J connectivity index is 3.32. The molecular formula is C4H5BrN2. The minimum atomic E-state index is -2.51. The van der Waals surface area contributed by atoms with Crippen molar-refractivity contribution in [1.82, 2.24) is 9.55 Å². The molecule has 0 atom stereocenters. The molecule has 0 aliphatic carbocycles. The zero-order valence-corrected chi connectivity index (χ0v) is 4.86. The Labute approximate surface area is 57.3 Å². The lowest BCUT2D eigenvalue weighted by Crippen LogP contribution is -1.76. The van der Waals surface area contributed by atoms with Crippen molar-refractivity contribution in [3.63, 3.8) is 0 Å². The summed E-state index contributed by atoms with van der Waals surface area (Å²) >= 11 is 2.87. The van der Waals surface area contributed by atoms with Crippen molar-refractivity contribution in [2.45, 2.75) is 0 Å². The van der Waals surface area contributed by atoms with E-state index >= 15 is 0 Å². The Morgan fingerprint density at radius 1 is 2.29 bits per heavy atom. The van der Waals surface area contributed by atoms with Crippen molar-refractivity contribution in [3.8, 4) is 0 Å². The van der Waals surface area contributed by atoms with Gasteiger partial charge in [-0.25, -0.2) is 4.98 Å². The normalized spacial score (nSPS) is 21.6. The van der Waals surface area contributed by atoms with E-state index in [1.807, 2.05) is 0 Å². The molecule has 0 bridgehead atoms. The number of imidazole rings is 1. The fraction of sp³-hybridized carbons (Fsp3) is 0.250. The Hall–Kier alpha value is -0.310. The number of rotatable bonds is 0. The minimum absolute atomic E-state index is 0.0728. The second-order valence-corrected chi connectivity index (χ2v) is 1.70. The van der Waals surface area contributed by atoms with Gasteiger partial charge in [0.15, 0.2) is 0 Å². The number of hydrogen-bond acceptors (Lipinski definition) is 1. The van der Waals surface area contributed by atoms with Crippen molar-refractivity contribution in [2.24, 2.45) is 6.98 Å². The highest BCUT2D eigenvalue weighted by Gasteiger charge is 1.84. The van der Waals surface area contributed by atoms with Gasteiger partial charge in [-0.15, -0.1) is 0 Å². The third-order valence-electron chi connectivity index (χ3n) is 0.452. The molecule has 7 heavy (non-hydrogen) atoms. The van der Waals surface area contributed by atoms with Gasteiger partial charge in [0, 0.05) is 17.3 Å². The molecule has 0 saturated carbocycles. The van der Waals surface area contributed by atoms with Crippen LogP contribution in [-0.4, -0.2) is 9.55 Å². The fourth-order valence-corrected chi connectivity index (χ4v) is 0.493. The van der Waals surface area contributed by atoms with Crippen LogP contribution in [0.3, 0.4) is 0 Å². The molecule has 0 aliphatic heterocycles. The molecule has 0 radical (unpaired) electrons. The fourth-order valence-electron chi connectivity index (χ4n) is 0.236. The first-order valence-corrected chi connectivity index (χ1v) is 2.35. The molecule has 1 aromatic heterocycles. The van der Waals surface area contributed by atoms with Gasteiger partial charge in [-0.3, -0.25) is 0 Å². The van der Waals surface area contributed by atoms with Gasteiger partial charge in [-0.2, -0.15) is 0 Å². The molecular weight excluding hydrogens is 156 g/mol. The highest BCUT2D eigenvalue weighted by Crippen LogP contribution is 2.01. The standard InChI is InChI=1S/C4H5BrN2/c1-7-2-4(5)6-3-7/h2-3H,1H3/i1D3,2D,3D. The average molecular weight is 166 g/mol. The number of nitrogens with zero attached hydrogens (tertiary/aromatic N) is 2. The van der Waals surface area contributed by atoms with Crippen LogP contribution in [0.4, 0.5) is 0 Å². The summed E-state index contributed by atoms with van der Waals surface area (Å²) in [6.07, 6.45) is -0.744. The lowest BCUT2D eigenvalue weighted by atomic mass is 10.9. The van der Waals surface area contributed by atoms with Crippen molar-refractivity contribution in [3.05, 3.63) is 17.1 Å². The van der Waals surface area contributed by atoms with Gasteiger partial charge in [0.05, 0.1) is 7.67 Å². The Morgan fingerprint density at radius 3 is 3.43 bits per heavy atom. The largest absolute Gasteiger partial charge is 0.339 e. The van der Waals surface area contributed by atoms with E-state index in [4.69, 9.17) is 6.85 Å². The molecule has 0 aliphatic rings. The maximum atomic E-state index is 7.25. The molecule has 0 saturated heterocycles. The molecule has 0 aromatic carbocycles. The topological polar surface area (TPSA) is 17.8 Å². The molecule has 0 N–H and O–H groups in total. The van der Waals surface area contributed by atoms with Crippen molar-refractivity contribution >= 4 is 15.9 Å². The molecule has 0 spiro atoms. The van der Waals surface area contributed by atoms with Crippen molar-refractivity contribution in [1.29, 1.82) is 0 Å². The zero-order valence-electron chi connectivity index (χ0n) is 8.27. The molecule has 0 amide bonds. The summed E-state index contributed by atoms with van der Waals surface area (Å²) in [7, 11) is 0. The van der Waals surface area contributed by atoms with Gasteiger partial charge < -0.3 is 4.57 Å². The van der Waals surface area contributed by atoms with E-state index in [1.165, 1.54) is 0 Å². The van der Waals surface area contributed by atoms with E-state index in [1.54, 1.807) is 0 Å². The summed E-state index contributed by atoms with van der Waals surface area (Å²) < 4.78 is 35.9. The molecule has 38 valence electrons. The molecule has 1 rings (SSSR count). The van der Waals surface area contributed by atoms with Crippen LogP contribution in [0.5, 0.6) is 0 Å². The van der Waals surface area contributed by atoms with Gasteiger partial charge in [0.25, 0.3) is 0 Å². The first-order chi connectivity index (χ1) is 5.34. The van der Waals surface area contributed by atoms with E-state index in [0.717, 1.165) is 0 Å². The van der Waals surface area contributed by atoms with Gasteiger partial charge in [0.1, 0.15) is 5.97 Å². The molecule has 0 unspecified atom stereocenters. The van der Waals surface area contributed by atoms with Crippen LogP contribution in [0.15, 0.2) is 17.1 Å². The Bertz CT molecular complexity index is 303. The lowest BCUT2D eigenvalue weighted by Gasteiger charge is -1.77. The smallest absolute Gasteiger partial charge is 0.124 e. The van der Waals surface area contributed by atoms with E-state index in [-0.39, 0.29) is 10.8 Å². The summed E-state index contributed by atoms with van der Waals surface area (Å²) in [4.78, 5) is 3.48. The SMILES string of the molecule is [2H]c1nc(Br)c([2H])n1C([2H])([2H])[2H]. The van der Waals surface area contributed by atoms with E-state index < -0.39 is 13.3 Å². The van der Waals surface area contributed by atoms with E-state index in [2.05, 4.69) is 20.9 Å². The van der Waals surface area contributed by atoms with Crippen LogP contribution < -0.4 is 0 Å². The third kappa shape index (κ3) is 1.03. The van der Waals surface area contributed by atoms with Crippen LogP contribution >= 0.6 is 15.9 Å². The lowest BCUT2D eigenvalue weighted by molar-refractivity contribution is 0.913. The highest BCUT2D eigenvalue weighted by molar-refractivity contribution is 9.10. The summed E-state index contributed by atoms with van der Waals surface area (Å²) in [6, 6.07) is 0. The molecule has 0 fully saturated rings. The van der Waals surface area contributed by atoms with Gasteiger partial charge in [0.2, 0.25) is 0 Å².